The third kappa shape index (κ3) is 2.45. The number of ether oxygens (including phenoxy) is 1. The van der Waals surface area contributed by atoms with E-state index in [9.17, 15) is 9.90 Å². The van der Waals surface area contributed by atoms with Gasteiger partial charge in [0, 0.05) is 22.2 Å². The number of benzene rings is 2. The minimum Gasteiger partial charge on any atom is -0.497 e. The Bertz CT molecular complexity index is 1020. The van der Waals surface area contributed by atoms with Crippen LogP contribution in [0.5, 0.6) is 5.75 Å². The number of carbonyl (C=O) groups is 1. The van der Waals surface area contributed by atoms with Crippen LogP contribution in [-0.4, -0.2) is 27.9 Å². The molecule has 2 N–H and O–H groups in total. The van der Waals surface area contributed by atoms with Crippen LogP contribution in [0.4, 0.5) is 5.69 Å². The lowest BCUT2D eigenvalue weighted by Crippen LogP contribution is -2.38. The zero-order valence-corrected chi connectivity index (χ0v) is 14.6. The van der Waals surface area contributed by atoms with Crippen LogP contribution in [0.25, 0.3) is 10.9 Å². The number of methoxy groups -OCH3 is 1. The SMILES string of the molecule is COc1ccc2nn(CC3(O)C(=O)Nc4c(Cl)ccc(Cl)c43)cc2c1. The van der Waals surface area contributed by atoms with Crippen LogP contribution in [0.15, 0.2) is 36.5 Å². The predicted molar refractivity (Wildman–Crippen MR) is 95.3 cm³/mol. The monoisotopic (exact) mass is 377 g/mol. The van der Waals surface area contributed by atoms with Gasteiger partial charge < -0.3 is 15.2 Å². The molecule has 8 heteroatoms. The van der Waals surface area contributed by atoms with Crippen molar-refractivity contribution >= 4 is 45.7 Å². The number of anilines is 1. The zero-order valence-electron chi connectivity index (χ0n) is 13.1. The smallest absolute Gasteiger partial charge is 0.263 e. The first-order valence-electron chi connectivity index (χ1n) is 7.46. The first-order valence-corrected chi connectivity index (χ1v) is 8.21. The number of aromatic nitrogens is 2. The molecule has 0 aliphatic carbocycles. The second-order valence-electron chi connectivity index (χ2n) is 5.85. The third-order valence-electron chi connectivity index (χ3n) is 4.28. The fraction of sp³-hybridized carbons (Fsp3) is 0.176. The highest BCUT2D eigenvalue weighted by molar-refractivity contribution is 6.38. The van der Waals surface area contributed by atoms with E-state index < -0.39 is 11.5 Å². The van der Waals surface area contributed by atoms with Crippen LogP contribution < -0.4 is 10.1 Å². The Labute approximate surface area is 152 Å². The molecule has 128 valence electrons. The number of hydrogen-bond donors (Lipinski definition) is 2. The van der Waals surface area contributed by atoms with Crippen molar-refractivity contribution in [2.75, 3.05) is 12.4 Å². The summed E-state index contributed by atoms with van der Waals surface area (Å²) in [5.74, 6) is 0.110. The number of nitrogens with zero attached hydrogens (tertiary/aromatic N) is 2. The Hall–Kier alpha value is -2.28. The molecular formula is C17H13Cl2N3O3. The molecule has 6 nitrogen and oxygen atoms in total. The highest BCUT2D eigenvalue weighted by Crippen LogP contribution is 2.45. The number of rotatable bonds is 3. The number of amides is 1. The van der Waals surface area contributed by atoms with Crippen LogP contribution in [-0.2, 0) is 16.9 Å². The molecule has 25 heavy (non-hydrogen) atoms. The summed E-state index contributed by atoms with van der Waals surface area (Å²) >= 11 is 12.3. The van der Waals surface area contributed by atoms with Gasteiger partial charge in [0.05, 0.1) is 29.9 Å². The second-order valence-corrected chi connectivity index (χ2v) is 6.66. The van der Waals surface area contributed by atoms with Crippen LogP contribution in [0.3, 0.4) is 0 Å². The minimum atomic E-state index is -1.86. The van der Waals surface area contributed by atoms with Crippen molar-refractivity contribution in [1.29, 1.82) is 0 Å². The van der Waals surface area contributed by atoms with E-state index in [-0.39, 0.29) is 17.1 Å². The molecule has 0 radical (unpaired) electrons. The Kier molecular flexibility index (Phi) is 3.64. The minimum absolute atomic E-state index is 0.0944. The van der Waals surface area contributed by atoms with Gasteiger partial charge in [-0.15, -0.1) is 0 Å². The van der Waals surface area contributed by atoms with E-state index in [0.717, 1.165) is 10.9 Å². The highest BCUT2D eigenvalue weighted by Gasteiger charge is 2.48. The summed E-state index contributed by atoms with van der Waals surface area (Å²) in [7, 11) is 1.58. The molecule has 1 unspecified atom stereocenters. The average Bonchev–Trinajstić information content (AvgIpc) is 3.09. The number of aliphatic hydroxyl groups is 1. The second kappa shape index (κ2) is 5.62. The first-order chi connectivity index (χ1) is 11.9. The topological polar surface area (TPSA) is 76.4 Å². The van der Waals surface area contributed by atoms with Crippen LogP contribution in [0.2, 0.25) is 10.0 Å². The molecule has 1 aliphatic heterocycles. The van der Waals surface area contributed by atoms with Gasteiger partial charge in [-0.3, -0.25) is 9.48 Å². The standard InChI is InChI=1S/C17H13Cl2N3O3/c1-25-10-2-5-13-9(6-10)7-22(21-13)8-17(24)14-11(18)3-4-12(19)15(14)20-16(17)23/h2-7,24H,8H2,1H3,(H,20,23). The molecule has 3 aromatic rings. The van der Waals surface area contributed by atoms with Gasteiger partial charge in [-0.25, -0.2) is 0 Å². The van der Waals surface area contributed by atoms with E-state index in [1.165, 1.54) is 4.68 Å². The molecule has 1 aliphatic rings. The molecule has 1 aromatic heterocycles. The summed E-state index contributed by atoms with van der Waals surface area (Å²) in [4.78, 5) is 12.4. The van der Waals surface area contributed by atoms with E-state index in [1.54, 1.807) is 37.6 Å². The molecule has 0 bridgehead atoms. The fourth-order valence-electron chi connectivity index (χ4n) is 3.06. The number of carbonyl (C=O) groups excluding carboxylic acids is 1. The quantitative estimate of drug-likeness (QED) is 0.734. The summed E-state index contributed by atoms with van der Waals surface area (Å²) < 4.78 is 6.70. The Morgan fingerprint density at radius 1 is 1.28 bits per heavy atom. The fourth-order valence-corrected chi connectivity index (χ4v) is 3.58. The molecule has 2 heterocycles. The maximum absolute atomic E-state index is 12.4. The molecule has 0 saturated carbocycles. The van der Waals surface area contributed by atoms with Gasteiger partial charge in [0.15, 0.2) is 5.60 Å². The van der Waals surface area contributed by atoms with Crippen molar-refractivity contribution in [1.82, 2.24) is 9.78 Å². The summed E-state index contributed by atoms with van der Waals surface area (Å²) in [5, 5.41) is 19.5. The summed E-state index contributed by atoms with van der Waals surface area (Å²) in [6.07, 6.45) is 1.74. The third-order valence-corrected chi connectivity index (χ3v) is 4.91. The lowest BCUT2D eigenvalue weighted by Gasteiger charge is -2.21. The summed E-state index contributed by atoms with van der Waals surface area (Å²) in [6, 6.07) is 8.56. The van der Waals surface area contributed by atoms with Gasteiger partial charge in [0.25, 0.3) is 5.91 Å². The molecule has 4 rings (SSSR count). The molecule has 1 amide bonds. The predicted octanol–water partition coefficient (Wildman–Crippen LogP) is 3.19. The van der Waals surface area contributed by atoms with Gasteiger partial charge >= 0.3 is 0 Å². The molecule has 1 atom stereocenters. The van der Waals surface area contributed by atoms with Crippen LogP contribution >= 0.6 is 23.2 Å². The Morgan fingerprint density at radius 2 is 2.04 bits per heavy atom. The van der Waals surface area contributed by atoms with E-state index in [2.05, 4.69) is 10.4 Å². The molecular weight excluding hydrogens is 365 g/mol. The highest BCUT2D eigenvalue weighted by atomic mass is 35.5. The van der Waals surface area contributed by atoms with Crippen LogP contribution in [0.1, 0.15) is 5.56 Å². The number of nitrogens with one attached hydrogen (secondary N) is 1. The van der Waals surface area contributed by atoms with Crippen molar-refractivity contribution in [3.63, 3.8) is 0 Å². The van der Waals surface area contributed by atoms with Crippen molar-refractivity contribution in [3.8, 4) is 5.75 Å². The van der Waals surface area contributed by atoms with Crippen LogP contribution in [0, 0.1) is 0 Å². The molecule has 0 fully saturated rings. The van der Waals surface area contributed by atoms with Gasteiger partial charge in [0.1, 0.15) is 5.75 Å². The number of fused-ring (bicyclic) bond motifs is 2. The average molecular weight is 378 g/mol. The van der Waals surface area contributed by atoms with Gasteiger partial charge in [-0.05, 0) is 30.3 Å². The normalized spacial score (nSPS) is 19.1. The van der Waals surface area contributed by atoms with E-state index >= 15 is 0 Å². The van der Waals surface area contributed by atoms with E-state index in [0.29, 0.717) is 16.5 Å². The Morgan fingerprint density at radius 3 is 2.80 bits per heavy atom. The van der Waals surface area contributed by atoms with Gasteiger partial charge in [-0.2, -0.15) is 5.10 Å². The molecule has 0 saturated heterocycles. The number of halogens is 2. The maximum atomic E-state index is 12.4. The van der Waals surface area contributed by atoms with Gasteiger partial charge in [0.2, 0.25) is 0 Å². The zero-order chi connectivity index (χ0) is 17.8. The first kappa shape index (κ1) is 16.2. The van der Waals surface area contributed by atoms with Gasteiger partial charge in [-0.1, -0.05) is 23.2 Å². The lowest BCUT2D eigenvalue weighted by molar-refractivity contribution is -0.135. The number of hydrogen-bond acceptors (Lipinski definition) is 4. The molecule has 0 spiro atoms. The lowest BCUT2D eigenvalue weighted by atomic mass is 9.95. The largest absolute Gasteiger partial charge is 0.497 e. The Balaban J connectivity index is 1.78. The van der Waals surface area contributed by atoms with Crippen molar-refractivity contribution in [2.24, 2.45) is 0 Å². The maximum Gasteiger partial charge on any atom is 0.263 e. The van der Waals surface area contributed by atoms with Crippen molar-refractivity contribution in [2.45, 2.75) is 12.1 Å². The summed E-state index contributed by atoms with van der Waals surface area (Å²) in [6.45, 7) is -0.0944. The molecule has 2 aromatic carbocycles. The van der Waals surface area contributed by atoms with E-state index in [4.69, 9.17) is 27.9 Å². The summed E-state index contributed by atoms with van der Waals surface area (Å²) in [5.41, 5.74) is -0.534. The van der Waals surface area contributed by atoms with Crippen molar-refractivity contribution < 1.29 is 14.6 Å². The van der Waals surface area contributed by atoms with E-state index in [1.807, 2.05) is 6.07 Å². The van der Waals surface area contributed by atoms with Crippen molar-refractivity contribution in [3.05, 3.63) is 52.1 Å².